The lowest BCUT2D eigenvalue weighted by molar-refractivity contribution is 0.543. The van der Waals surface area contributed by atoms with Crippen LogP contribution in [0.25, 0.3) is 11.0 Å². The van der Waals surface area contributed by atoms with Gasteiger partial charge in [0, 0.05) is 12.7 Å². The Labute approximate surface area is 162 Å². The molecule has 0 aliphatic carbocycles. The minimum Gasteiger partial charge on any atom is -0.284 e. The number of rotatable bonds is 5. The maximum atomic E-state index is 13.3. The number of aromatic nitrogens is 3. The van der Waals surface area contributed by atoms with Gasteiger partial charge in [-0.1, -0.05) is 60.7 Å². The first-order chi connectivity index (χ1) is 13.7. The van der Waals surface area contributed by atoms with Crippen molar-refractivity contribution < 1.29 is 0 Å². The van der Waals surface area contributed by atoms with E-state index >= 15 is 0 Å². The Bertz CT molecular complexity index is 1210. The van der Waals surface area contributed by atoms with E-state index in [0.29, 0.717) is 24.0 Å². The van der Waals surface area contributed by atoms with Gasteiger partial charge in [0.05, 0.1) is 11.6 Å². The Morgan fingerprint density at radius 3 is 2.29 bits per heavy atom. The van der Waals surface area contributed by atoms with E-state index in [4.69, 9.17) is 0 Å². The molecule has 4 rings (SSSR count). The molecule has 2 aromatic heterocycles. The normalized spacial score (nSPS) is 12.2. The van der Waals surface area contributed by atoms with Crippen LogP contribution in [0.1, 0.15) is 24.1 Å². The molecule has 28 heavy (non-hydrogen) atoms. The van der Waals surface area contributed by atoms with Gasteiger partial charge in [0.25, 0.3) is 5.56 Å². The summed E-state index contributed by atoms with van der Waals surface area (Å²) in [5.41, 5.74) is 2.31. The highest BCUT2D eigenvalue weighted by molar-refractivity contribution is 5.73. The topological polar surface area (TPSA) is 56.9 Å². The van der Waals surface area contributed by atoms with Crippen molar-refractivity contribution in [2.24, 2.45) is 0 Å². The maximum absolute atomic E-state index is 13.3. The molecule has 140 valence electrons. The third-order valence-electron chi connectivity index (χ3n) is 5.07. The maximum Gasteiger partial charge on any atom is 0.332 e. The highest BCUT2D eigenvalue weighted by Gasteiger charge is 2.18. The standard InChI is InChI=1S/C23H21N3O2/c1-17(19-11-6-3-7-12-19)26-20-13-8-15-24-21(20)22(27)25(23(26)28)16-14-18-9-4-2-5-10-18/h2-13,15,17H,14,16H2,1H3/t17-/m1/s1. The third kappa shape index (κ3) is 3.27. The van der Waals surface area contributed by atoms with Crippen LogP contribution in [-0.2, 0) is 13.0 Å². The van der Waals surface area contributed by atoms with E-state index in [9.17, 15) is 9.59 Å². The highest BCUT2D eigenvalue weighted by atomic mass is 16.2. The van der Waals surface area contributed by atoms with Crippen LogP contribution < -0.4 is 11.2 Å². The molecule has 0 saturated carbocycles. The van der Waals surface area contributed by atoms with Crippen LogP contribution in [0.3, 0.4) is 0 Å². The van der Waals surface area contributed by atoms with E-state index in [1.54, 1.807) is 22.9 Å². The van der Waals surface area contributed by atoms with Gasteiger partial charge in [-0.3, -0.25) is 13.9 Å². The molecule has 0 aliphatic heterocycles. The van der Waals surface area contributed by atoms with Gasteiger partial charge in [-0.25, -0.2) is 9.78 Å². The van der Waals surface area contributed by atoms with Crippen LogP contribution in [0.5, 0.6) is 0 Å². The third-order valence-corrected chi connectivity index (χ3v) is 5.07. The van der Waals surface area contributed by atoms with Crippen molar-refractivity contribution in [3.05, 3.63) is 111 Å². The van der Waals surface area contributed by atoms with Crippen LogP contribution in [0.2, 0.25) is 0 Å². The summed E-state index contributed by atoms with van der Waals surface area (Å²) in [6.45, 7) is 2.28. The Morgan fingerprint density at radius 2 is 1.57 bits per heavy atom. The van der Waals surface area contributed by atoms with Gasteiger partial charge in [-0.15, -0.1) is 0 Å². The molecule has 0 spiro atoms. The predicted molar refractivity (Wildman–Crippen MR) is 111 cm³/mol. The lowest BCUT2D eigenvalue weighted by atomic mass is 10.1. The van der Waals surface area contributed by atoms with Gasteiger partial charge in [-0.05, 0) is 36.6 Å². The number of pyridine rings is 1. The smallest absolute Gasteiger partial charge is 0.284 e. The Balaban J connectivity index is 1.87. The molecule has 4 aromatic rings. The summed E-state index contributed by atoms with van der Waals surface area (Å²) in [6, 6.07) is 23.0. The minimum atomic E-state index is -0.340. The number of hydrogen-bond acceptors (Lipinski definition) is 3. The van der Waals surface area contributed by atoms with E-state index in [1.807, 2.05) is 67.6 Å². The summed E-state index contributed by atoms with van der Waals surface area (Å²) in [7, 11) is 0. The number of nitrogens with zero attached hydrogens (tertiary/aromatic N) is 3. The molecule has 0 fully saturated rings. The van der Waals surface area contributed by atoms with Crippen molar-refractivity contribution in [2.75, 3.05) is 0 Å². The fourth-order valence-corrected chi connectivity index (χ4v) is 3.54. The average Bonchev–Trinajstić information content (AvgIpc) is 2.75. The zero-order chi connectivity index (χ0) is 19.5. The first kappa shape index (κ1) is 17.9. The summed E-state index contributed by atoms with van der Waals surface area (Å²) in [5.74, 6) is 0. The fourth-order valence-electron chi connectivity index (χ4n) is 3.54. The summed E-state index contributed by atoms with van der Waals surface area (Å²) in [5, 5.41) is 0. The second-order valence-corrected chi connectivity index (χ2v) is 6.80. The van der Waals surface area contributed by atoms with Crippen molar-refractivity contribution in [3.8, 4) is 0 Å². The second-order valence-electron chi connectivity index (χ2n) is 6.80. The number of hydrogen-bond donors (Lipinski definition) is 0. The molecule has 0 bridgehead atoms. The molecule has 0 aliphatic rings. The zero-order valence-corrected chi connectivity index (χ0v) is 15.7. The quantitative estimate of drug-likeness (QED) is 0.540. The van der Waals surface area contributed by atoms with Gasteiger partial charge in [-0.2, -0.15) is 0 Å². The van der Waals surface area contributed by atoms with Gasteiger partial charge in [0.2, 0.25) is 0 Å². The van der Waals surface area contributed by atoms with Crippen LogP contribution in [0.4, 0.5) is 0 Å². The lowest BCUT2D eigenvalue weighted by Gasteiger charge is -2.20. The van der Waals surface area contributed by atoms with Crippen LogP contribution >= 0.6 is 0 Å². The SMILES string of the molecule is C[C@H](c1ccccc1)n1c(=O)n(CCc2ccccc2)c(=O)c2ncccc21. The molecular weight excluding hydrogens is 350 g/mol. The lowest BCUT2D eigenvalue weighted by Crippen LogP contribution is -2.42. The fraction of sp³-hybridized carbons (Fsp3) is 0.174. The van der Waals surface area contributed by atoms with Crippen molar-refractivity contribution in [1.29, 1.82) is 0 Å². The predicted octanol–water partition coefficient (Wildman–Crippen LogP) is 3.41. The highest BCUT2D eigenvalue weighted by Crippen LogP contribution is 2.19. The van der Waals surface area contributed by atoms with E-state index in [-0.39, 0.29) is 17.3 Å². The van der Waals surface area contributed by atoms with Gasteiger partial charge >= 0.3 is 5.69 Å². The van der Waals surface area contributed by atoms with Crippen molar-refractivity contribution >= 4 is 11.0 Å². The molecule has 2 heterocycles. The second kappa shape index (κ2) is 7.64. The van der Waals surface area contributed by atoms with Crippen molar-refractivity contribution in [2.45, 2.75) is 25.9 Å². The monoisotopic (exact) mass is 371 g/mol. The zero-order valence-electron chi connectivity index (χ0n) is 15.7. The van der Waals surface area contributed by atoms with Gasteiger partial charge < -0.3 is 0 Å². The largest absolute Gasteiger partial charge is 0.332 e. The summed E-state index contributed by atoms with van der Waals surface area (Å²) in [6.07, 6.45) is 2.20. The van der Waals surface area contributed by atoms with Crippen molar-refractivity contribution in [1.82, 2.24) is 14.1 Å². The molecule has 0 radical (unpaired) electrons. The van der Waals surface area contributed by atoms with Gasteiger partial charge in [0.15, 0.2) is 5.52 Å². The summed E-state index contributed by atoms with van der Waals surface area (Å²) in [4.78, 5) is 30.6. The Kier molecular flexibility index (Phi) is 4.89. The molecule has 5 heteroatoms. The molecule has 2 aromatic carbocycles. The molecule has 1 atom stereocenters. The van der Waals surface area contributed by atoms with Crippen molar-refractivity contribution in [3.63, 3.8) is 0 Å². The number of aryl methyl sites for hydroxylation is 1. The van der Waals surface area contributed by atoms with E-state index in [0.717, 1.165) is 11.1 Å². The molecule has 0 N–H and O–H groups in total. The van der Waals surface area contributed by atoms with Crippen LogP contribution in [-0.4, -0.2) is 14.1 Å². The van der Waals surface area contributed by atoms with Crippen LogP contribution in [0, 0.1) is 0 Å². The van der Waals surface area contributed by atoms with E-state index < -0.39 is 0 Å². The summed E-state index contributed by atoms with van der Waals surface area (Å²) < 4.78 is 2.98. The first-order valence-corrected chi connectivity index (χ1v) is 9.36. The average molecular weight is 371 g/mol. The molecular formula is C23H21N3O2. The Hall–Kier alpha value is -3.47. The van der Waals surface area contributed by atoms with E-state index in [2.05, 4.69) is 4.98 Å². The number of benzene rings is 2. The minimum absolute atomic E-state index is 0.219. The molecule has 0 saturated heterocycles. The first-order valence-electron chi connectivity index (χ1n) is 9.36. The van der Waals surface area contributed by atoms with Crippen LogP contribution in [0.15, 0.2) is 88.6 Å². The molecule has 5 nitrogen and oxygen atoms in total. The molecule has 0 amide bonds. The number of fused-ring (bicyclic) bond motifs is 1. The van der Waals surface area contributed by atoms with E-state index in [1.165, 1.54) is 4.57 Å². The Morgan fingerprint density at radius 1 is 0.893 bits per heavy atom. The van der Waals surface area contributed by atoms with Gasteiger partial charge in [0.1, 0.15) is 0 Å². The molecule has 0 unspecified atom stereocenters. The summed E-state index contributed by atoms with van der Waals surface area (Å²) >= 11 is 0.